The molecule has 3 aromatic rings. The van der Waals surface area contributed by atoms with E-state index in [1.807, 2.05) is 24.3 Å². The minimum absolute atomic E-state index is 0.0428. The second-order valence-corrected chi connectivity index (χ2v) is 9.08. The van der Waals surface area contributed by atoms with Crippen LogP contribution in [0.25, 0.3) is 0 Å². The normalized spacial score (nSPS) is 15.6. The van der Waals surface area contributed by atoms with E-state index in [-0.39, 0.29) is 12.7 Å². The fourth-order valence-electron chi connectivity index (χ4n) is 4.42. The van der Waals surface area contributed by atoms with Crippen molar-refractivity contribution in [2.75, 3.05) is 26.4 Å². The van der Waals surface area contributed by atoms with Crippen LogP contribution < -0.4 is 10.2 Å². The quantitative estimate of drug-likeness (QED) is 0.243. The summed E-state index contributed by atoms with van der Waals surface area (Å²) in [5, 5.41) is 0. The predicted octanol–water partition coefficient (Wildman–Crippen LogP) is 4.97. The minimum atomic E-state index is -0.550. The number of benzene rings is 3. The molecule has 35 heavy (non-hydrogen) atoms. The van der Waals surface area contributed by atoms with Crippen molar-refractivity contribution < 1.29 is 18.5 Å². The van der Waals surface area contributed by atoms with Crippen LogP contribution in [0.15, 0.2) is 78.9 Å². The lowest BCUT2D eigenvalue weighted by Gasteiger charge is -2.26. The van der Waals surface area contributed by atoms with E-state index in [0.717, 1.165) is 49.3 Å². The van der Waals surface area contributed by atoms with E-state index < -0.39 is 12.8 Å². The van der Waals surface area contributed by atoms with Gasteiger partial charge in [-0.2, -0.15) is 0 Å². The van der Waals surface area contributed by atoms with Gasteiger partial charge in [0.05, 0.1) is 6.10 Å². The summed E-state index contributed by atoms with van der Waals surface area (Å²) in [5.41, 5.74) is 4.76. The zero-order valence-corrected chi connectivity index (χ0v) is 20.6. The Morgan fingerprint density at radius 1 is 0.943 bits per heavy atom. The largest absolute Gasteiger partial charge is 0.491 e. The van der Waals surface area contributed by atoms with Crippen LogP contribution in [-0.2, 0) is 22.5 Å². The van der Waals surface area contributed by atoms with Crippen LogP contribution >= 0.6 is 0 Å². The van der Waals surface area contributed by atoms with E-state index in [2.05, 4.69) is 66.4 Å². The van der Waals surface area contributed by atoms with E-state index in [0.29, 0.717) is 14.1 Å². The van der Waals surface area contributed by atoms with Crippen LogP contribution in [-0.4, -0.2) is 44.9 Å². The van der Waals surface area contributed by atoms with Crippen molar-refractivity contribution in [2.45, 2.75) is 45.1 Å². The molecule has 184 valence electrons. The van der Waals surface area contributed by atoms with Gasteiger partial charge >= 0.3 is 7.48 Å². The molecule has 2 atom stereocenters. The molecule has 0 bridgehead atoms. The van der Waals surface area contributed by atoms with E-state index in [9.17, 15) is 4.39 Å². The number of fused-ring (bicyclic) bond motifs is 1. The molecule has 0 saturated carbocycles. The molecular formula is C29H35BFNO3. The van der Waals surface area contributed by atoms with Crippen LogP contribution in [0.2, 0.25) is 0 Å². The number of nitrogens with zero attached hydrogens (tertiary/aromatic N) is 1. The highest BCUT2D eigenvalue weighted by atomic mass is 19.1. The van der Waals surface area contributed by atoms with Gasteiger partial charge in [-0.15, -0.1) is 0 Å². The Balaban J connectivity index is 1.44. The highest BCUT2D eigenvalue weighted by molar-refractivity contribution is 6.50. The lowest BCUT2D eigenvalue weighted by atomic mass is 9.85. The summed E-state index contributed by atoms with van der Waals surface area (Å²) < 4.78 is 31.3. The van der Waals surface area contributed by atoms with E-state index in [1.54, 1.807) is 0 Å². The number of hydrogen-bond donors (Lipinski definition) is 0. The molecule has 4 rings (SSSR count). The van der Waals surface area contributed by atoms with E-state index in [1.165, 1.54) is 11.1 Å². The Hall–Kier alpha value is -2.67. The van der Waals surface area contributed by atoms with Gasteiger partial charge in [0.25, 0.3) is 0 Å². The number of halogens is 1. The van der Waals surface area contributed by atoms with Gasteiger partial charge in [-0.1, -0.05) is 86.1 Å². The van der Waals surface area contributed by atoms with Crippen LogP contribution in [0.3, 0.4) is 0 Å². The number of alkyl halides is 1. The molecule has 0 spiro atoms. The molecular weight excluding hydrogens is 440 g/mol. The number of rotatable bonds is 14. The molecule has 1 aliphatic rings. The number of ether oxygens (including phenoxy) is 2. The third kappa shape index (κ3) is 7.41. The number of unbranched alkanes of at least 4 members (excludes halogenated alkanes) is 1. The fraction of sp³-hybridized carbons (Fsp3) is 0.379. The zero-order valence-electron chi connectivity index (χ0n) is 20.6. The lowest BCUT2D eigenvalue weighted by Crippen LogP contribution is -2.28. The predicted molar refractivity (Wildman–Crippen MR) is 140 cm³/mol. The maximum absolute atomic E-state index is 13.4. The second-order valence-electron chi connectivity index (χ2n) is 9.08. The van der Waals surface area contributed by atoms with Gasteiger partial charge in [-0.3, -0.25) is 4.90 Å². The van der Waals surface area contributed by atoms with E-state index >= 15 is 0 Å². The van der Waals surface area contributed by atoms with Gasteiger partial charge in [0.15, 0.2) is 0 Å². The molecule has 0 saturated heterocycles. The summed E-state index contributed by atoms with van der Waals surface area (Å²) >= 11 is 0. The summed E-state index contributed by atoms with van der Waals surface area (Å²) in [5.74, 6) is 0.764. The van der Waals surface area contributed by atoms with Gasteiger partial charge in [-0.25, -0.2) is 4.39 Å². The van der Waals surface area contributed by atoms with Crippen molar-refractivity contribution in [3.63, 3.8) is 0 Å². The van der Waals surface area contributed by atoms with Crippen LogP contribution in [0.1, 0.15) is 42.6 Å². The average Bonchev–Trinajstić information content (AvgIpc) is 3.30. The molecule has 4 nitrogen and oxygen atoms in total. The monoisotopic (exact) mass is 475 g/mol. The third-order valence-corrected chi connectivity index (χ3v) is 6.32. The first-order valence-corrected chi connectivity index (χ1v) is 12.6. The third-order valence-electron chi connectivity index (χ3n) is 6.32. The smallest absolute Gasteiger partial charge is 0.313 e. The Morgan fingerprint density at radius 2 is 1.63 bits per heavy atom. The van der Waals surface area contributed by atoms with Gasteiger partial charge in [0.2, 0.25) is 0 Å². The van der Waals surface area contributed by atoms with Gasteiger partial charge < -0.3 is 14.1 Å². The summed E-state index contributed by atoms with van der Waals surface area (Å²) in [6.45, 7) is 4.76. The molecule has 0 aliphatic carbocycles. The second kappa shape index (κ2) is 13.4. The molecule has 1 aliphatic heterocycles. The summed E-state index contributed by atoms with van der Waals surface area (Å²) in [6.07, 6.45) is 1.37. The molecule has 0 amide bonds. The lowest BCUT2D eigenvalue weighted by molar-refractivity contribution is 0.00474. The van der Waals surface area contributed by atoms with Gasteiger partial charge in [-0.05, 0) is 34.6 Å². The maximum Gasteiger partial charge on any atom is 0.313 e. The molecule has 6 heteroatoms. The van der Waals surface area contributed by atoms with Crippen molar-refractivity contribution in [1.29, 1.82) is 0 Å². The van der Waals surface area contributed by atoms with Crippen LogP contribution in [0.4, 0.5) is 4.39 Å². The first-order chi connectivity index (χ1) is 17.3. The van der Waals surface area contributed by atoms with Crippen molar-refractivity contribution in [3.8, 4) is 5.75 Å². The molecule has 3 aromatic carbocycles. The molecule has 0 aromatic heterocycles. The molecule has 0 radical (unpaired) electrons. The Kier molecular flexibility index (Phi) is 9.76. The topological polar surface area (TPSA) is 30.9 Å². The summed E-state index contributed by atoms with van der Waals surface area (Å²) in [6, 6.07) is 27.1. The summed E-state index contributed by atoms with van der Waals surface area (Å²) in [4.78, 5) is 2.43. The highest BCUT2D eigenvalue weighted by Gasteiger charge is 2.29. The van der Waals surface area contributed by atoms with Crippen molar-refractivity contribution >= 4 is 12.9 Å². The maximum atomic E-state index is 13.4. The Labute approximate surface area is 209 Å². The fourth-order valence-corrected chi connectivity index (χ4v) is 4.42. The van der Waals surface area contributed by atoms with Gasteiger partial charge in [0.1, 0.15) is 25.1 Å². The van der Waals surface area contributed by atoms with Crippen molar-refractivity contribution in [1.82, 2.24) is 4.90 Å². The number of hydrogen-bond acceptors (Lipinski definition) is 4. The Bertz CT molecular complexity index is 979. The van der Waals surface area contributed by atoms with E-state index in [4.69, 9.17) is 14.1 Å². The zero-order chi connectivity index (χ0) is 24.3. The molecule has 0 N–H and O–H groups in total. The minimum Gasteiger partial charge on any atom is -0.491 e. The Morgan fingerprint density at radius 3 is 2.26 bits per heavy atom. The van der Waals surface area contributed by atoms with Gasteiger partial charge in [0, 0.05) is 26.2 Å². The first kappa shape index (κ1) is 25.4. The standard InChI is InChI=1S/C29H35BFNO3/c1-2-3-17-33-25(18-31)22-34-27-16-10-15-26-28(35-30-29(26)27)21-32(19-23-11-6-4-7-12-23)20-24-13-8-5-9-14-24/h4-16,25,28,30H,2-3,17-22H2,1H3/t25-,28-/m1/s1. The van der Waals surface area contributed by atoms with Crippen molar-refractivity contribution in [2.24, 2.45) is 0 Å². The summed E-state index contributed by atoms with van der Waals surface area (Å²) in [7, 11) is 0.498. The first-order valence-electron chi connectivity index (χ1n) is 12.6. The molecule has 1 heterocycles. The molecule has 0 fully saturated rings. The van der Waals surface area contributed by atoms with Crippen LogP contribution in [0, 0.1) is 0 Å². The van der Waals surface area contributed by atoms with Crippen LogP contribution in [0.5, 0.6) is 5.75 Å². The SMILES string of the molecule is CCCCO[C@H](CF)COc1cccc2c1BO[C@@H]2CN(Cc1ccccc1)Cc1ccccc1. The average molecular weight is 475 g/mol. The highest BCUT2D eigenvalue weighted by Crippen LogP contribution is 2.27. The molecule has 0 unspecified atom stereocenters. The van der Waals surface area contributed by atoms with Crippen molar-refractivity contribution in [3.05, 3.63) is 95.6 Å².